The normalized spacial score (nSPS) is 11.4. The highest BCUT2D eigenvalue weighted by Crippen LogP contribution is 2.21. The number of benzene rings is 1. The van der Waals surface area contributed by atoms with Gasteiger partial charge in [0.1, 0.15) is 0 Å². The third-order valence-electron chi connectivity index (χ3n) is 1.98. The van der Waals surface area contributed by atoms with E-state index in [-0.39, 0.29) is 0 Å². The van der Waals surface area contributed by atoms with Crippen molar-refractivity contribution in [1.82, 2.24) is 0 Å². The Morgan fingerprint density at radius 3 is 3.08 bits per heavy atom. The van der Waals surface area contributed by atoms with Crippen LogP contribution in [-0.4, -0.2) is 5.11 Å². The van der Waals surface area contributed by atoms with Crippen LogP contribution >= 0.6 is 11.3 Å². The molecule has 2 aromatic rings. The molecule has 1 aromatic heterocycles. The van der Waals surface area contributed by atoms with Crippen LogP contribution in [-0.2, 0) is 6.42 Å². The minimum absolute atomic E-state index is 0.794. The van der Waals surface area contributed by atoms with E-state index >= 15 is 0 Å². The molecule has 0 saturated heterocycles. The summed E-state index contributed by atoms with van der Waals surface area (Å²) in [5, 5.41) is 11.9. The Bertz CT molecular complexity index is 428. The molecule has 0 aliphatic rings. The number of fused-ring (bicyclic) bond motifs is 1. The summed E-state index contributed by atoms with van der Waals surface area (Å²) in [4.78, 5) is 0. The fourth-order valence-corrected chi connectivity index (χ4v) is 2.10. The maximum atomic E-state index is 8.52. The van der Waals surface area contributed by atoms with Gasteiger partial charge in [0.15, 0.2) is 0 Å². The molecule has 0 spiro atoms. The zero-order valence-electron chi connectivity index (χ0n) is 7.10. The average Bonchev–Trinajstić information content (AvgIpc) is 2.61. The van der Waals surface area contributed by atoms with Crippen molar-refractivity contribution in [2.24, 2.45) is 0 Å². The fraction of sp³-hybridized carbons (Fsp3) is 0.0909. The summed E-state index contributed by atoms with van der Waals surface area (Å²) >= 11 is 1.75. The van der Waals surface area contributed by atoms with Gasteiger partial charge in [-0.15, -0.1) is 11.3 Å². The lowest BCUT2D eigenvalue weighted by molar-refractivity contribution is 0.471. The number of allylic oxidation sites excluding steroid dienone is 1. The summed E-state index contributed by atoms with van der Waals surface area (Å²) in [5.41, 5.74) is 1.23. The SMILES string of the molecule is OC=CCc1ccc2sccc2c1. The van der Waals surface area contributed by atoms with E-state index < -0.39 is 0 Å². The first kappa shape index (κ1) is 8.32. The first-order valence-electron chi connectivity index (χ1n) is 4.15. The molecule has 0 aliphatic carbocycles. The van der Waals surface area contributed by atoms with Crippen LogP contribution in [0.2, 0.25) is 0 Å². The maximum Gasteiger partial charge on any atom is 0.0755 e. The van der Waals surface area contributed by atoms with Crippen molar-refractivity contribution in [1.29, 1.82) is 0 Å². The van der Waals surface area contributed by atoms with E-state index in [9.17, 15) is 0 Å². The highest BCUT2D eigenvalue weighted by Gasteiger charge is 1.95. The lowest BCUT2D eigenvalue weighted by Gasteiger charge is -1.95. The van der Waals surface area contributed by atoms with Crippen molar-refractivity contribution in [3.8, 4) is 0 Å². The second kappa shape index (κ2) is 3.62. The zero-order valence-corrected chi connectivity index (χ0v) is 7.92. The second-order valence-electron chi connectivity index (χ2n) is 2.88. The Labute approximate surface area is 81.0 Å². The summed E-state index contributed by atoms with van der Waals surface area (Å²) in [6.45, 7) is 0. The van der Waals surface area contributed by atoms with Crippen LogP contribution in [0.15, 0.2) is 42.0 Å². The summed E-state index contributed by atoms with van der Waals surface area (Å²) < 4.78 is 1.32. The van der Waals surface area contributed by atoms with Crippen LogP contribution in [0.1, 0.15) is 5.56 Å². The van der Waals surface area contributed by atoms with Gasteiger partial charge in [0.05, 0.1) is 6.26 Å². The second-order valence-corrected chi connectivity index (χ2v) is 3.83. The molecule has 1 heterocycles. The van der Waals surface area contributed by atoms with Crippen LogP contribution in [0, 0.1) is 0 Å². The first-order chi connectivity index (χ1) is 6.40. The average molecular weight is 190 g/mol. The Kier molecular flexibility index (Phi) is 2.32. The number of hydrogen-bond donors (Lipinski definition) is 1. The fourth-order valence-electron chi connectivity index (χ4n) is 1.33. The van der Waals surface area contributed by atoms with E-state index in [4.69, 9.17) is 5.11 Å². The lowest BCUT2D eigenvalue weighted by atomic mass is 10.1. The third-order valence-corrected chi connectivity index (χ3v) is 2.87. The van der Waals surface area contributed by atoms with Gasteiger partial charge in [-0.3, -0.25) is 0 Å². The molecule has 66 valence electrons. The molecule has 1 nitrogen and oxygen atoms in total. The van der Waals surface area contributed by atoms with Gasteiger partial charge in [0.25, 0.3) is 0 Å². The highest BCUT2D eigenvalue weighted by atomic mass is 32.1. The summed E-state index contributed by atoms with van der Waals surface area (Å²) in [6, 6.07) is 8.50. The molecule has 13 heavy (non-hydrogen) atoms. The van der Waals surface area contributed by atoms with Crippen molar-refractivity contribution in [3.63, 3.8) is 0 Å². The molecule has 0 atom stereocenters. The van der Waals surface area contributed by atoms with Gasteiger partial charge in [-0.1, -0.05) is 6.07 Å². The van der Waals surface area contributed by atoms with Gasteiger partial charge in [-0.2, -0.15) is 0 Å². The van der Waals surface area contributed by atoms with E-state index in [1.165, 1.54) is 15.6 Å². The number of hydrogen-bond acceptors (Lipinski definition) is 2. The quantitative estimate of drug-likeness (QED) is 0.718. The zero-order chi connectivity index (χ0) is 9.10. The van der Waals surface area contributed by atoms with Crippen LogP contribution in [0.4, 0.5) is 0 Å². The number of rotatable bonds is 2. The van der Waals surface area contributed by atoms with Crippen LogP contribution in [0.3, 0.4) is 0 Å². The van der Waals surface area contributed by atoms with Crippen molar-refractivity contribution in [2.45, 2.75) is 6.42 Å². The highest BCUT2D eigenvalue weighted by molar-refractivity contribution is 7.17. The Balaban J connectivity index is 2.36. The monoisotopic (exact) mass is 190 g/mol. The van der Waals surface area contributed by atoms with Crippen molar-refractivity contribution >= 4 is 21.4 Å². The lowest BCUT2D eigenvalue weighted by Crippen LogP contribution is -1.78. The third kappa shape index (κ3) is 1.73. The summed E-state index contributed by atoms with van der Waals surface area (Å²) in [5.74, 6) is 0. The standard InChI is InChI=1S/C11H10OS/c12-6-1-2-9-3-4-11-10(8-9)5-7-13-11/h1,3-8,12H,2H2. The number of thiophene rings is 1. The molecule has 0 fully saturated rings. The first-order valence-corrected chi connectivity index (χ1v) is 5.03. The molecular weight excluding hydrogens is 180 g/mol. The van der Waals surface area contributed by atoms with Gasteiger partial charge in [-0.25, -0.2) is 0 Å². The molecule has 0 aliphatic heterocycles. The molecule has 0 saturated carbocycles. The van der Waals surface area contributed by atoms with Crippen LogP contribution < -0.4 is 0 Å². The van der Waals surface area contributed by atoms with Crippen LogP contribution in [0.5, 0.6) is 0 Å². The molecule has 0 unspecified atom stereocenters. The molecule has 1 aromatic carbocycles. The van der Waals surface area contributed by atoms with E-state index in [2.05, 4.69) is 29.6 Å². The number of aliphatic hydroxyl groups excluding tert-OH is 1. The van der Waals surface area contributed by atoms with E-state index in [0.717, 1.165) is 12.7 Å². The topological polar surface area (TPSA) is 20.2 Å². The molecule has 0 amide bonds. The van der Waals surface area contributed by atoms with Gasteiger partial charge < -0.3 is 5.11 Å². The van der Waals surface area contributed by atoms with Gasteiger partial charge in [-0.05, 0) is 47.0 Å². The maximum absolute atomic E-state index is 8.52. The van der Waals surface area contributed by atoms with Gasteiger partial charge in [0.2, 0.25) is 0 Å². The Hall–Kier alpha value is -1.28. The molecule has 0 radical (unpaired) electrons. The van der Waals surface area contributed by atoms with Gasteiger partial charge in [0, 0.05) is 4.70 Å². The van der Waals surface area contributed by atoms with Crippen molar-refractivity contribution in [2.75, 3.05) is 0 Å². The Morgan fingerprint density at radius 1 is 1.31 bits per heavy atom. The molecule has 1 N–H and O–H groups in total. The molecule has 2 heteroatoms. The molecule has 0 bridgehead atoms. The minimum atomic E-state index is 0.794. The summed E-state index contributed by atoms with van der Waals surface area (Å²) in [7, 11) is 0. The smallest absolute Gasteiger partial charge is 0.0755 e. The summed E-state index contributed by atoms with van der Waals surface area (Å²) in [6.07, 6.45) is 3.63. The number of aliphatic hydroxyl groups is 1. The van der Waals surface area contributed by atoms with Crippen molar-refractivity contribution in [3.05, 3.63) is 47.5 Å². The van der Waals surface area contributed by atoms with E-state index in [1.54, 1.807) is 17.4 Å². The molecular formula is C11H10OS. The molecule has 2 rings (SSSR count). The van der Waals surface area contributed by atoms with Crippen molar-refractivity contribution < 1.29 is 5.11 Å². The Morgan fingerprint density at radius 2 is 2.23 bits per heavy atom. The van der Waals surface area contributed by atoms with E-state index in [0.29, 0.717) is 0 Å². The largest absolute Gasteiger partial charge is 0.516 e. The predicted molar refractivity (Wildman–Crippen MR) is 57.3 cm³/mol. The van der Waals surface area contributed by atoms with Gasteiger partial charge >= 0.3 is 0 Å². The predicted octanol–water partition coefficient (Wildman–Crippen LogP) is 3.52. The van der Waals surface area contributed by atoms with E-state index in [1.807, 2.05) is 0 Å². The van der Waals surface area contributed by atoms with Crippen LogP contribution in [0.25, 0.3) is 10.1 Å². The minimum Gasteiger partial charge on any atom is -0.516 e.